The first-order valence-electron chi connectivity index (χ1n) is 4.73. The third kappa shape index (κ3) is 1.62. The maximum atomic E-state index is 8.88. The molecule has 2 N–H and O–H groups in total. The molecular formula is C11H16N2S. The first kappa shape index (κ1) is 11.1. The van der Waals surface area contributed by atoms with E-state index in [1.165, 1.54) is 16.2 Å². The molecule has 1 heterocycles. The van der Waals surface area contributed by atoms with Crippen molar-refractivity contribution in [2.75, 3.05) is 5.73 Å². The number of nitrogen functional groups attached to an aromatic ring is 1. The molecule has 1 aromatic heterocycles. The van der Waals surface area contributed by atoms with Gasteiger partial charge in [-0.1, -0.05) is 20.8 Å². The minimum absolute atomic E-state index is 0.123. The number of rotatable bonds is 2. The van der Waals surface area contributed by atoms with Crippen LogP contribution in [0.3, 0.4) is 0 Å². The molecule has 0 fully saturated rings. The largest absolute Gasteiger partial charge is 0.397 e. The van der Waals surface area contributed by atoms with Crippen LogP contribution in [-0.2, 0) is 5.41 Å². The summed E-state index contributed by atoms with van der Waals surface area (Å²) < 4.78 is 0. The highest BCUT2D eigenvalue weighted by Crippen LogP contribution is 2.39. The number of nitrogens with zero attached hydrogens (tertiary/aromatic N) is 1. The summed E-state index contributed by atoms with van der Waals surface area (Å²) in [4.78, 5) is 1.90. The zero-order valence-corrected chi connectivity index (χ0v) is 9.96. The zero-order chi connectivity index (χ0) is 10.9. The molecule has 0 saturated heterocycles. The molecular weight excluding hydrogens is 192 g/mol. The molecule has 0 aromatic carbocycles. The lowest BCUT2D eigenvalue weighted by atomic mass is 9.86. The minimum Gasteiger partial charge on any atom is -0.397 e. The van der Waals surface area contributed by atoms with Gasteiger partial charge in [-0.2, -0.15) is 5.26 Å². The number of hydrogen-bond acceptors (Lipinski definition) is 3. The molecule has 0 bridgehead atoms. The summed E-state index contributed by atoms with van der Waals surface area (Å²) >= 11 is 1.53. The van der Waals surface area contributed by atoms with Crippen LogP contribution in [0.2, 0.25) is 0 Å². The van der Waals surface area contributed by atoms with Crippen LogP contribution in [0.1, 0.15) is 42.5 Å². The van der Waals surface area contributed by atoms with Gasteiger partial charge in [-0.15, -0.1) is 11.3 Å². The van der Waals surface area contributed by atoms with Gasteiger partial charge < -0.3 is 5.73 Å². The molecule has 1 rings (SSSR count). The Morgan fingerprint density at radius 3 is 2.43 bits per heavy atom. The van der Waals surface area contributed by atoms with Crippen LogP contribution in [0.5, 0.6) is 0 Å². The van der Waals surface area contributed by atoms with Crippen molar-refractivity contribution in [1.82, 2.24) is 0 Å². The molecule has 0 unspecified atom stereocenters. The standard InChI is InChI=1S/C11H16N2S/c1-5-11(3,4)10-7(2)9(13)8(6-12)14-10/h5,13H2,1-4H3. The SMILES string of the molecule is CCC(C)(C)c1sc(C#N)c(N)c1C. The van der Waals surface area contributed by atoms with Crippen molar-refractivity contribution < 1.29 is 0 Å². The molecule has 1 aromatic rings. The minimum atomic E-state index is 0.123. The Labute approximate surface area is 89.4 Å². The number of nitrogens with two attached hydrogens (primary N) is 1. The average Bonchev–Trinajstić information content (AvgIpc) is 2.44. The maximum absolute atomic E-state index is 8.88. The van der Waals surface area contributed by atoms with E-state index < -0.39 is 0 Å². The molecule has 0 radical (unpaired) electrons. The second-order valence-corrected chi connectivity index (χ2v) is 5.17. The van der Waals surface area contributed by atoms with Crippen LogP contribution in [0.25, 0.3) is 0 Å². The Morgan fingerprint density at radius 1 is 1.50 bits per heavy atom. The van der Waals surface area contributed by atoms with E-state index >= 15 is 0 Å². The summed E-state index contributed by atoms with van der Waals surface area (Å²) in [7, 11) is 0. The van der Waals surface area contributed by atoms with Crippen molar-refractivity contribution in [1.29, 1.82) is 5.26 Å². The average molecular weight is 208 g/mol. The number of hydrogen-bond donors (Lipinski definition) is 1. The summed E-state index contributed by atoms with van der Waals surface area (Å²) in [6.45, 7) is 8.53. The van der Waals surface area contributed by atoms with Gasteiger partial charge >= 0.3 is 0 Å². The van der Waals surface area contributed by atoms with Gasteiger partial charge in [0.05, 0.1) is 5.69 Å². The fraction of sp³-hybridized carbons (Fsp3) is 0.545. The van der Waals surface area contributed by atoms with Gasteiger partial charge in [-0.25, -0.2) is 0 Å². The molecule has 0 aliphatic heterocycles. The predicted octanol–water partition coefficient (Wildman–Crippen LogP) is 3.20. The molecule has 0 amide bonds. The number of thiophene rings is 1. The van der Waals surface area contributed by atoms with Crippen LogP contribution in [-0.4, -0.2) is 0 Å². The Kier molecular flexibility index (Phi) is 2.86. The zero-order valence-electron chi connectivity index (χ0n) is 9.14. The lowest BCUT2D eigenvalue weighted by Gasteiger charge is -2.22. The fourth-order valence-electron chi connectivity index (χ4n) is 1.42. The van der Waals surface area contributed by atoms with Gasteiger partial charge in [0, 0.05) is 4.88 Å². The van der Waals surface area contributed by atoms with Crippen LogP contribution >= 0.6 is 11.3 Å². The van der Waals surface area contributed by atoms with Crippen molar-refractivity contribution in [2.24, 2.45) is 0 Å². The summed E-state index contributed by atoms with van der Waals surface area (Å²) in [5.74, 6) is 0. The number of nitriles is 1. The van der Waals surface area contributed by atoms with E-state index in [-0.39, 0.29) is 5.41 Å². The molecule has 0 spiro atoms. The van der Waals surface area contributed by atoms with E-state index in [0.717, 1.165) is 12.0 Å². The Bertz CT molecular complexity index is 383. The van der Waals surface area contributed by atoms with Crippen LogP contribution in [0, 0.1) is 18.3 Å². The second kappa shape index (κ2) is 3.62. The smallest absolute Gasteiger partial charge is 0.128 e. The first-order valence-corrected chi connectivity index (χ1v) is 5.55. The molecule has 0 aliphatic carbocycles. The Balaban J connectivity index is 3.32. The van der Waals surface area contributed by atoms with E-state index in [9.17, 15) is 0 Å². The van der Waals surface area contributed by atoms with E-state index in [4.69, 9.17) is 11.0 Å². The van der Waals surface area contributed by atoms with Gasteiger partial charge in [0.1, 0.15) is 10.9 Å². The van der Waals surface area contributed by atoms with Gasteiger partial charge in [0.25, 0.3) is 0 Å². The van der Waals surface area contributed by atoms with Crippen LogP contribution < -0.4 is 5.73 Å². The van der Waals surface area contributed by atoms with Gasteiger partial charge in [0.2, 0.25) is 0 Å². The van der Waals surface area contributed by atoms with Crippen molar-refractivity contribution in [3.05, 3.63) is 15.3 Å². The summed E-state index contributed by atoms with van der Waals surface area (Å²) in [6.07, 6.45) is 1.05. The first-order chi connectivity index (χ1) is 6.44. The quantitative estimate of drug-likeness (QED) is 0.811. The highest BCUT2D eigenvalue weighted by molar-refractivity contribution is 7.13. The molecule has 14 heavy (non-hydrogen) atoms. The molecule has 0 aliphatic rings. The molecule has 0 atom stereocenters. The lowest BCUT2D eigenvalue weighted by molar-refractivity contribution is 0.514. The monoisotopic (exact) mass is 208 g/mol. The van der Waals surface area contributed by atoms with Crippen LogP contribution in [0.4, 0.5) is 5.69 Å². The van der Waals surface area contributed by atoms with Gasteiger partial charge in [0.15, 0.2) is 0 Å². The van der Waals surface area contributed by atoms with Crippen molar-refractivity contribution in [2.45, 2.75) is 39.5 Å². The second-order valence-electron chi connectivity index (χ2n) is 4.15. The van der Waals surface area contributed by atoms with Crippen molar-refractivity contribution >= 4 is 17.0 Å². The highest BCUT2D eigenvalue weighted by atomic mass is 32.1. The summed E-state index contributed by atoms with van der Waals surface area (Å²) in [6, 6.07) is 2.15. The topological polar surface area (TPSA) is 49.8 Å². The highest BCUT2D eigenvalue weighted by Gasteiger charge is 2.25. The Morgan fingerprint density at radius 2 is 2.07 bits per heavy atom. The van der Waals surface area contributed by atoms with Crippen molar-refractivity contribution in [3.63, 3.8) is 0 Å². The third-order valence-electron chi connectivity index (χ3n) is 2.79. The number of anilines is 1. The van der Waals surface area contributed by atoms with Gasteiger partial charge in [-0.05, 0) is 24.3 Å². The summed E-state index contributed by atoms with van der Waals surface area (Å²) in [5.41, 5.74) is 7.72. The van der Waals surface area contributed by atoms with Crippen molar-refractivity contribution in [3.8, 4) is 6.07 Å². The van der Waals surface area contributed by atoms with Crippen LogP contribution in [0.15, 0.2) is 0 Å². The fourth-order valence-corrected chi connectivity index (χ4v) is 2.61. The molecule has 0 saturated carbocycles. The maximum Gasteiger partial charge on any atom is 0.128 e. The molecule has 76 valence electrons. The molecule has 2 nitrogen and oxygen atoms in total. The Hall–Kier alpha value is -1.01. The van der Waals surface area contributed by atoms with E-state index in [1.54, 1.807) is 0 Å². The van der Waals surface area contributed by atoms with E-state index in [2.05, 4.69) is 26.8 Å². The van der Waals surface area contributed by atoms with Gasteiger partial charge in [-0.3, -0.25) is 0 Å². The third-order valence-corrected chi connectivity index (χ3v) is 4.37. The molecule has 3 heteroatoms. The normalized spacial score (nSPS) is 11.4. The van der Waals surface area contributed by atoms with E-state index in [1.807, 2.05) is 6.92 Å². The van der Waals surface area contributed by atoms with E-state index in [0.29, 0.717) is 10.6 Å². The summed E-state index contributed by atoms with van der Waals surface area (Å²) in [5, 5.41) is 8.88. The predicted molar refractivity (Wildman–Crippen MR) is 61.5 cm³/mol. The lowest BCUT2D eigenvalue weighted by Crippen LogP contribution is -2.14.